The molecular weight excluding hydrogens is 390 g/mol. The summed E-state index contributed by atoms with van der Waals surface area (Å²) in [5.74, 6) is 0.474. The van der Waals surface area contributed by atoms with Crippen LogP contribution in [0.5, 0.6) is 0 Å². The first-order valence-electron chi connectivity index (χ1n) is 8.97. The molecule has 0 aliphatic carbocycles. The number of carbonyl (C=O) groups excluding carboxylic acids is 1. The minimum atomic E-state index is -0.0214. The van der Waals surface area contributed by atoms with Gasteiger partial charge in [0, 0.05) is 32.9 Å². The highest BCUT2D eigenvalue weighted by atomic mass is 35.5. The van der Waals surface area contributed by atoms with Crippen LogP contribution in [-0.2, 0) is 13.5 Å². The number of anilines is 4. The predicted octanol–water partition coefficient (Wildman–Crippen LogP) is 3.46. The molecule has 29 heavy (non-hydrogen) atoms. The van der Waals surface area contributed by atoms with E-state index >= 15 is 0 Å². The Kier molecular flexibility index (Phi) is 4.82. The van der Waals surface area contributed by atoms with E-state index in [2.05, 4.69) is 20.7 Å². The third kappa shape index (κ3) is 3.60. The van der Waals surface area contributed by atoms with Gasteiger partial charge < -0.3 is 15.5 Å². The third-order valence-corrected chi connectivity index (χ3v) is 5.05. The monoisotopic (exact) mass is 407 g/mol. The fourth-order valence-electron chi connectivity index (χ4n) is 3.29. The van der Waals surface area contributed by atoms with Gasteiger partial charge >= 0.3 is 0 Å². The Hall–Kier alpha value is -3.57. The van der Waals surface area contributed by atoms with E-state index in [-0.39, 0.29) is 11.6 Å². The van der Waals surface area contributed by atoms with Crippen LogP contribution in [0.15, 0.2) is 36.7 Å². The van der Waals surface area contributed by atoms with Crippen LogP contribution in [0.25, 0.3) is 0 Å². The quantitative estimate of drug-likeness (QED) is 0.687. The van der Waals surface area contributed by atoms with E-state index in [1.165, 1.54) is 6.20 Å². The van der Waals surface area contributed by atoms with Crippen molar-refractivity contribution < 1.29 is 4.79 Å². The van der Waals surface area contributed by atoms with E-state index in [9.17, 15) is 10.1 Å². The molecule has 1 amide bonds. The molecule has 0 atom stereocenters. The zero-order valence-corrected chi connectivity index (χ0v) is 16.7. The van der Waals surface area contributed by atoms with Gasteiger partial charge in [-0.1, -0.05) is 23.7 Å². The molecule has 3 aromatic rings. The van der Waals surface area contributed by atoms with E-state index in [1.807, 2.05) is 24.3 Å². The Morgan fingerprint density at radius 2 is 2.03 bits per heavy atom. The lowest BCUT2D eigenvalue weighted by Gasteiger charge is -2.27. The van der Waals surface area contributed by atoms with Gasteiger partial charge in [0.25, 0.3) is 5.91 Å². The highest BCUT2D eigenvalue weighted by Crippen LogP contribution is 2.32. The molecule has 1 aromatic carbocycles. The van der Waals surface area contributed by atoms with Crippen molar-refractivity contribution in [3.05, 3.63) is 58.5 Å². The Labute approximate surface area is 172 Å². The molecule has 0 saturated heterocycles. The number of carbonyl (C=O) groups is 1. The van der Waals surface area contributed by atoms with Crippen molar-refractivity contribution in [2.24, 2.45) is 7.05 Å². The molecule has 1 aliphatic heterocycles. The molecule has 0 saturated carbocycles. The van der Waals surface area contributed by atoms with E-state index < -0.39 is 0 Å². The minimum Gasteiger partial charge on any atom is -0.353 e. The largest absolute Gasteiger partial charge is 0.353 e. The number of pyridine rings is 1. The van der Waals surface area contributed by atoms with Gasteiger partial charge in [-0.05, 0) is 18.1 Å². The fraction of sp³-hybridized carbons (Fsp3) is 0.200. The average Bonchev–Trinajstić information content (AvgIpc) is 3.06. The molecular formula is C20H18ClN7O. The van der Waals surface area contributed by atoms with Crippen LogP contribution in [0.1, 0.15) is 21.6 Å². The van der Waals surface area contributed by atoms with Gasteiger partial charge in [0.05, 0.1) is 33.8 Å². The standard InChI is InChI=1S/C20H18ClN7O/c1-27-7-6-12-4-3-5-14(19(12)20(27)29)24-15-8-18(23-10-13(15)21)25-17-11-28(2)26-16(17)9-22/h3-5,8,10-11H,6-7H2,1-2H3,(H2,23,24,25). The van der Waals surface area contributed by atoms with Crippen molar-refractivity contribution in [2.75, 3.05) is 24.2 Å². The second-order valence-corrected chi connectivity index (χ2v) is 7.20. The molecule has 0 bridgehead atoms. The van der Waals surface area contributed by atoms with Crippen molar-refractivity contribution in [1.29, 1.82) is 5.26 Å². The molecule has 2 aromatic heterocycles. The summed E-state index contributed by atoms with van der Waals surface area (Å²) in [5, 5.41) is 20.0. The lowest BCUT2D eigenvalue weighted by Crippen LogP contribution is -2.34. The average molecular weight is 408 g/mol. The van der Waals surface area contributed by atoms with Gasteiger partial charge in [0.15, 0.2) is 5.69 Å². The van der Waals surface area contributed by atoms with Crippen LogP contribution in [0.3, 0.4) is 0 Å². The number of nitriles is 1. The molecule has 2 N–H and O–H groups in total. The number of fused-ring (bicyclic) bond motifs is 1. The molecule has 8 nitrogen and oxygen atoms in total. The van der Waals surface area contributed by atoms with Crippen molar-refractivity contribution in [1.82, 2.24) is 19.7 Å². The molecule has 0 fully saturated rings. The molecule has 0 radical (unpaired) electrons. The lowest BCUT2D eigenvalue weighted by molar-refractivity contribution is 0.0782. The minimum absolute atomic E-state index is 0.0214. The molecule has 9 heteroatoms. The van der Waals surface area contributed by atoms with E-state index in [0.717, 1.165) is 12.0 Å². The van der Waals surface area contributed by atoms with Gasteiger partial charge in [-0.3, -0.25) is 9.48 Å². The van der Waals surface area contributed by atoms with Crippen LogP contribution < -0.4 is 10.6 Å². The second kappa shape index (κ2) is 7.45. The van der Waals surface area contributed by atoms with Crippen molar-refractivity contribution in [3.8, 4) is 6.07 Å². The van der Waals surface area contributed by atoms with Gasteiger partial charge in [-0.25, -0.2) is 4.98 Å². The van der Waals surface area contributed by atoms with Crippen molar-refractivity contribution in [2.45, 2.75) is 6.42 Å². The number of likely N-dealkylation sites (N-methyl/N-ethyl adjacent to an activating group) is 1. The second-order valence-electron chi connectivity index (χ2n) is 6.79. The Morgan fingerprint density at radius 1 is 1.21 bits per heavy atom. The highest BCUT2D eigenvalue weighted by Gasteiger charge is 2.24. The van der Waals surface area contributed by atoms with Gasteiger partial charge in [0.2, 0.25) is 0 Å². The van der Waals surface area contributed by atoms with E-state index in [0.29, 0.717) is 40.0 Å². The Balaban J connectivity index is 1.66. The summed E-state index contributed by atoms with van der Waals surface area (Å²) in [5.41, 5.74) is 3.77. The topological polar surface area (TPSA) is 98.9 Å². The summed E-state index contributed by atoms with van der Waals surface area (Å²) in [6.45, 7) is 0.700. The summed E-state index contributed by atoms with van der Waals surface area (Å²) in [6.07, 6.45) is 4.02. The highest BCUT2D eigenvalue weighted by molar-refractivity contribution is 6.33. The fourth-order valence-corrected chi connectivity index (χ4v) is 3.44. The van der Waals surface area contributed by atoms with Crippen LogP contribution in [0.2, 0.25) is 5.02 Å². The lowest BCUT2D eigenvalue weighted by atomic mass is 9.97. The zero-order valence-electron chi connectivity index (χ0n) is 15.9. The number of hydrogen-bond donors (Lipinski definition) is 2. The number of nitrogens with one attached hydrogen (secondary N) is 2. The molecule has 0 spiro atoms. The van der Waals surface area contributed by atoms with Gasteiger partial charge in [0.1, 0.15) is 11.9 Å². The molecule has 146 valence electrons. The van der Waals surface area contributed by atoms with Gasteiger partial charge in [-0.15, -0.1) is 0 Å². The van der Waals surface area contributed by atoms with Gasteiger partial charge in [-0.2, -0.15) is 10.4 Å². The number of hydrogen-bond acceptors (Lipinski definition) is 6. The predicted molar refractivity (Wildman–Crippen MR) is 111 cm³/mol. The van der Waals surface area contributed by atoms with Crippen LogP contribution in [0, 0.1) is 11.3 Å². The number of amides is 1. The maximum absolute atomic E-state index is 12.7. The van der Waals surface area contributed by atoms with Crippen LogP contribution in [0.4, 0.5) is 22.9 Å². The molecule has 0 unspecified atom stereocenters. The number of rotatable bonds is 4. The number of benzene rings is 1. The summed E-state index contributed by atoms with van der Waals surface area (Å²) >= 11 is 6.34. The first kappa shape index (κ1) is 18.8. The number of aromatic nitrogens is 3. The number of aryl methyl sites for hydroxylation is 1. The first-order chi connectivity index (χ1) is 14.0. The van der Waals surface area contributed by atoms with E-state index in [4.69, 9.17) is 11.6 Å². The van der Waals surface area contributed by atoms with E-state index in [1.54, 1.807) is 35.9 Å². The SMILES string of the molecule is CN1CCc2cccc(Nc3cc(Nc4cn(C)nc4C#N)ncc3Cl)c2C1=O. The number of halogens is 1. The molecule has 4 rings (SSSR count). The Bertz CT molecular complexity index is 1150. The first-order valence-corrected chi connectivity index (χ1v) is 9.34. The maximum Gasteiger partial charge on any atom is 0.255 e. The summed E-state index contributed by atoms with van der Waals surface area (Å²) < 4.78 is 1.55. The summed E-state index contributed by atoms with van der Waals surface area (Å²) in [6, 6.07) is 9.51. The van der Waals surface area contributed by atoms with Crippen molar-refractivity contribution in [3.63, 3.8) is 0 Å². The third-order valence-electron chi connectivity index (χ3n) is 4.75. The summed E-state index contributed by atoms with van der Waals surface area (Å²) in [4.78, 5) is 18.7. The normalized spacial score (nSPS) is 13.0. The Morgan fingerprint density at radius 3 is 2.83 bits per heavy atom. The molecule has 3 heterocycles. The smallest absolute Gasteiger partial charge is 0.255 e. The van der Waals surface area contributed by atoms with Crippen LogP contribution in [-0.4, -0.2) is 39.2 Å². The van der Waals surface area contributed by atoms with Crippen LogP contribution >= 0.6 is 11.6 Å². The van der Waals surface area contributed by atoms with Crippen molar-refractivity contribution >= 4 is 40.4 Å². The zero-order chi connectivity index (χ0) is 20.5. The molecule has 1 aliphatic rings. The maximum atomic E-state index is 12.7. The summed E-state index contributed by atoms with van der Waals surface area (Å²) in [7, 11) is 3.53. The number of nitrogens with zero attached hydrogens (tertiary/aromatic N) is 5.